The quantitative estimate of drug-likeness (QED) is 0.686. The number of carbonyl (C=O) groups is 1. The lowest BCUT2D eigenvalue weighted by Gasteiger charge is -2.30. The van der Waals surface area contributed by atoms with Crippen LogP contribution < -0.4 is 0 Å². The summed E-state index contributed by atoms with van der Waals surface area (Å²) >= 11 is 0. The van der Waals surface area contributed by atoms with E-state index in [2.05, 4.69) is 31.2 Å². The minimum atomic E-state index is 0.126. The molecule has 0 N–H and O–H groups in total. The van der Waals surface area contributed by atoms with Crippen LogP contribution in [0.5, 0.6) is 0 Å². The predicted octanol–water partition coefficient (Wildman–Crippen LogP) is 4.89. The Morgan fingerprint density at radius 2 is 2.00 bits per heavy atom. The molecule has 0 spiro atoms. The molecule has 2 unspecified atom stereocenters. The molecule has 102 valence electrons. The standard InChI is InChI=1S/C18H24O/c1-2-3-4-6-10-16-13-9-14-17(19)18(16)15-11-7-5-8-12-15/h4-8,11-12,16,18H,2-3,9-10,13-14H2,1H3/b6-4+. The molecule has 1 aliphatic carbocycles. The van der Waals surface area contributed by atoms with Crippen molar-refractivity contribution in [1.82, 2.24) is 0 Å². The van der Waals surface area contributed by atoms with Gasteiger partial charge in [0.2, 0.25) is 0 Å². The zero-order valence-corrected chi connectivity index (χ0v) is 11.8. The van der Waals surface area contributed by atoms with E-state index in [0.717, 1.165) is 25.7 Å². The maximum absolute atomic E-state index is 12.3. The summed E-state index contributed by atoms with van der Waals surface area (Å²) in [7, 11) is 0. The molecule has 0 saturated heterocycles. The Morgan fingerprint density at radius 1 is 1.21 bits per heavy atom. The summed E-state index contributed by atoms with van der Waals surface area (Å²) in [4.78, 5) is 12.3. The van der Waals surface area contributed by atoms with Gasteiger partial charge in [0, 0.05) is 12.3 Å². The van der Waals surface area contributed by atoms with Crippen molar-refractivity contribution >= 4 is 5.78 Å². The van der Waals surface area contributed by atoms with Gasteiger partial charge in [-0.25, -0.2) is 0 Å². The first-order valence-corrected chi connectivity index (χ1v) is 7.55. The highest BCUT2D eigenvalue weighted by atomic mass is 16.1. The van der Waals surface area contributed by atoms with Crippen molar-refractivity contribution in [3.8, 4) is 0 Å². The van der Waals surface area contributed by atoms with Gasteiger partial charge in [-0.05, 0) is 37.2 Å². The van der Waals surface area contributed by atoms with Crippen LogP contribution in [0.4, 0.5) is 0 Å². The summed E-state index contributed by atoms with van der Waals surface area (Å²) in [6, 6.07) is 10.3. The van der Waals surface area contributed by atoms with Crippen molar-refractivity contribution in [2.24, 2.45) is 5.92 Å². The van der Waals surface area contributed by atoms with Crippen molar-refractivity contribution in [3.05, 3.63) is 48.0 Å². The van der Waals surface area contributed by atoms with Crippen LogP contribution in [-0.4, -0.2) is 5.78 Å². The normalized spacial score (nSPS) is 23.9. The molecule has 1 nitrogen and oxygen atoms in total. The lowest BCUT2D eigenvalue weighted by atomic mass is 9.73. The summed E-state index contributed by atoms with van der Waals surface area (Å²) in [5.74, 6) is 1.06. The maximum Gasteiger partial charge on any atom is 0.140 e. The maximum atomic E-state index is 12.3. The van der Waals surface area contributed by atoms with Crippen LogP contribution in [0.1, 0.15) is 56.9 Å². The van der Waals surface area contributed by atoms with Gasteiger partial charge in [-0.1, -0.05) is 55.8 Å². The molecule has 1 fully saturated rings. The molecule has 1 heteroatoms. The Kier molecular flexibility index (Phi) is 5.38. The number of Topliss-reactive ketones (excluding diaryl/α,β-unsaturated/α-hetero) is 1. The van der Waals surface area contributed by atoms with Gasteiger partial charge in [0.1, 0.15) is 5.78 Å². The van der Waals surface area contributed by atoms with E-state index in [-0.39, 0.29) is 5.92 Å². The van der Waals surface area contributed by atoms with Crippen LogP contribution in [0, 0.1) is 5.92 Å². The largest absolute Gasteiger partial charge is 0.299 e. The first-order chi connectivity index (χ1) is 9.33. The van der Waals surface area contributed by atoms with Crippen molar-refractivity contribution in [1.29, 1.82) is 0 Å². The zero-order valence-electron chi connectivity index (χ0n) is 11.8. The summed E-state index contributed by atoms with van der Waals surface area (Å²) in [6.07, 6.45) is 10.9. The van der Waals surface area contributed by atoms with E-state index in [1.54, 1.807) is 0 Å². The zero-order chi connectivity index (χ0) is 13.5. The van der Waals surface area contributed by atoms with Gasteiger partial charge < -0.3 is 0 Å². The van der Waals surface area contributed by atoms with Gasteiger partial charge in [0.05, 0.1) is 0 Å². The SMILES string of the molecule is CCC/C=C/CC1CCCC(=O)C1c1ccccc1. The smallest absolute Gasteiger partial charge is 0.140 e. The number of benzene rings is 1. The van der Waals surface area contributed by atoms with Crippen molar-refractivity contribution in [2.45, 2.75) is 51.4 Å². The molecule has 0 amide bonds. The van der Waals surface area contributed by atoms with E-state index in [1.807, 2.05) is 18.2 Å². The average molecular weight is 256 g/mol. The van der Waals surface area contributed by atoms with Crippen LogP contribution >= 0.6 is 0 Å². The number of rotatable bonds is 5. The number of allylic oxidation sites excluding steroid dienone is 2. The topological polar surface area (TPSA) is 17.1 Å². The van der Waals surface area contributed by atoms with Gasteiger partial charge in [-0.2, -0.15) is 0 Å². The molecule has 2 rings (SSSR count). The first-order valence-electron chi connectivity index (χ1n) is 7.55. The van der Waals surface area contributed by atoms with Crippen LogP contribution in [0.3, 0.4) is 0 Å². The number of hydrogen-bond acceptors (Lipinski definition) is 1. The van der Waals surface area contributed by atoms with Crippen LogP contribution in [-0.2, 0) is 4.79 Å². The molecule has 19 heavy (non-hydrogen) atoms. The number of hydrogen-bond donors (Lipinski definition) is 0. The third-order valence-electron chi connectivity index (χ3n) is 4.04. The van der Waals surface area contributed by atoms with Crippen molar-refractivity contribution in [2.75, 3.05) is 0 Å². The molecule has 1 aromatic carbocycles. The van der Waals surface area contributed by atoms with E-state index in [9.17, 15) is 4.79 Å². The van der Waals surface area contributed by atoms with E-state index >= 15 is 0 Å². The molecule has 0 bridgehead atoms. The molecule has 0 aliphatic heterocycles. The highest BCUT2D eigenvalue weighted by molar-refractivity contribution is 5.86. The Bertz CT molecular complexity index is 419. The van der Waals surface area contributed by atoms with Gasteiger partial charge >= 0.3 is 0 Å². The van der Waals surface area contributed by atoms with E-state index in [1.165, 1.54) is 18.4 Å². The molecule has 0 aromatic heterocycles. The van der Waals surface area contributed by atoms with Gasteiger partial charge in [0.25, 0.3) is 0 Å². The molecule has 1 aromatic rings. The van der Waals surface area contributed by atoms with E-state index in [0.29, 0.717) is 11.7 Å². The lowest BCUT2D eigenvalue weighted by molar-refractivity contribution is -0.123. The second-order valence-corrected chi connectivity index (χ2v) is 5.50. The fourth-order valence-electron chi connectivity index (χ4n) is 3.05. The molecule has 1 saturated carbocycles. The molecular weight excluding hydrogens is 232 g/mol. The molecule has 2 atom stereocenters. The molecule has 0 radical (unpaired) electrons. The van der Waals surface area contributed by atoms with Gasteiger partial charge in [0.15, 0.2) is 0 Å². The average Bonchev–Trinajstić information content (AvgIpc) is 2.45. The number of unbranched alkanes of at least 4 members (excludes halogenated alkanes) is 1. The summed E-state index contributed by atoms with van der Waals surface area (Å²) < 4.78 is 0. The second-order valence-electron chi connectivity index (χ2n) is 5.50. The molecular formula is C18H24O. The van der Waals surface area contributed by atoms with E-state index in [4.69, 9.17) is 0 Å². The Morgan fingerprint density at radius 3 is 2.74 bits per heavy atom. The number of carbonyl (C=O) groups excluding carboxylic acids is 1. The van der Waals surface area contributed by atoms with Crippen molar-refractivity contribution in [3.63, 3.8) is 0 Å². The Hall–Kier alpha value is -1.37. The van der Waals surface area contributed by atoms with Gasteiger partial charge in [-0.15, -0.1) is 0 Å². The monoisotopic (exact) mass is 256 g/mol. The predicted molar refractivity (Wildman–Crippen MR) is 80.2 cm³/mol. The highest BCUT2D eigenvalue weighted by Crippen LogP contribution is 2.37. The summed E-state index contributed by atoms with van der Waals surface area (Å²) in [5, 5.41) is 0. The Balaban J connectivity index is 2.08. The van der Waals surface area contributed by atoms with Gasteiger partial charge in [-0.3, -0.25) is 4.79 Å². The lowest BCUT2D eigenvalue weighted by Crippen LogP contribution is -2.26. The first kappa shape index (κ1) is 14.0. The minimum absolute atomic E-state index is 0.126. The fraction of sp³-hybridized carbons (Fsp3) is 0.500. The third-order valence-corrected chi connectivity index (χ3v) is 4.04. The van der Waals surface area contributed by atoms with Crippen molar-refractivity contribution < 1.29 is 4.79 Å². The third kappa shape index (κ3) is 3.79. The molecule has 0 heterocycles. The van der Waals surface area contributed by atoms with Crippen LogP contribution in [0.15, 0.2) is 42.5 Å². The highest BCUT2D eigenvalue weighted by Gasteiger charge is 2.31. The number of ketones is 1. The second kappa shape index (κ2) is 7.28. The Labute approximate surface area is 116 Å². The molecule has 1 aliphatic rings. The van der Waals surface area contributed by atoms with Crippen LogP contribution in [0.2, 0.25) is 0 Å². The van der Waals surface area contributed by atoms with Crippen LogP contribution in [0.25, 0.3) is 0 Å². The summed E-state index contributed by atoms with van der Waals surface area (Å²) in [6.45, 7) is 2.20. The minimum Gasteiger partial charge on any atom is -0.299 e. The summed E-state index contributed by atoms with van der Waals surface area (Å²) in [5.41, 5.74) is 1.21. The fourth-order valence-corrected chi connectivity index (χ4v) is 3.05. The van der Waals surface area contributed by atoms with E-state index < -0.39 is 0 Å².